The SMILES string of the molecule is COC(=O)c1cc(C(F)(F)F)c2oc(-c3cc(-c4ccc(F)cc4-c4nncn4C)ccn3)nc2c1. The zero-order valence-electron chi connectivity index (χ0n) is 18.7. The van der Waals surface area contributed by atoms with Crippen LogP contribution in [0.15, 0.2) is 59.4 Å². The third kappa shape index (κ3) is 4.06. The molecule has 3 heterocycles. The fourth-order valence-corrected chi connectivity index (χ4v) is 3.78. The Morgan fingerprint density at radius 1 is 1.08 bits per heavy atom. The topological polar surface area (TPSA) is 95.9 Å². The molecule has 12 heteroatoms. The van der Waals surface area contributed by atoms with E-state index >= 15 is 0 Å². The Kier molecular flexibility index (Phi) is 5.50. The number of aromatic nitrogens is 5. The number of halogens is 4. The summed E-state index contributed by atoms with van der Waals surface area (Å²) in [6, 6.07) is 9.14. The second-order valence-electron chi connectivity index (χ2n) is 7.77. The molecule has 0 aliphatic heterocycles. The molecule has 36 heavy (non-hydrogen) atoms. The Balaban J connectivity index is 1.65. The summed E-state index contributed by atoms with van der Waals surface area (Å²) in [4.78, 5) is 20.2. The van der Waals surface area contributed by atoms with Crippen LogP contribution in [-0.4, -0.2) is 37.8 Å². The van der Waals surface area contributed by atoms with E-state index in [4.69, 9.17) is 4.42 Å². The maximum Gasteiger partial charge on any atom is 0.420 e. The molecule has 0 saturated carbocycles. The average Bonchev–Trinajstić information content (AvgIpc) is 3.48. The standard InChI is InChI=1S/C24H15F4N5O3/c1-33-11-30-32-21(33)16-10-14(25)3-4-15(16)12-5-6-29-19(8-12)22-31-18-9-13(23(34)35-2)7-17(20(18)36-22)24(26,27)28/h3-11H,1-2H3. The van der Waals surface area contributed by atoms with Crippen molar-refractivity contribution >= 4 is 17.1 Å². The van der Waals surface area contributed by atoms with Crippen molar-refractivity contribution in [2.45, 2.75) is 6.18 Å². The highest BCUT2D eigenvalue weighted by Crippen LogP contribution is 2.38. The molecule has 3 aromatic heterocycles. The van der Waals surface area contributed by atoms with E-state index in [9.17, 15) is 22.4 Å². The molecule has 8 nitrogen and oxygen atoms in total. The summed E-state index contributed by atoms with van der Waals surface area (Å²) in [6.45, 7) is 0. The highest BCUT2D eigenvalue weighted by molar-refractivity contribution is 5.95. The van der Waals surface area contributed by atoms with E-state index in [1.54, 1.807) is 29.8 Å². The smallest absolute Gasteiger partial charge is 0.420 e. The van der Waals surface area contributed by atoms with Crippen LogP contribution < -0.4 is 0 Å². The van der Waals surface area contributed by atoms with Crippen molar-refractivity contribution in [1.29, 1.82) is 0 Å². The Morgan fingerprint density at radius 3 is 2.58 bits per heavy atom. The zero-order chi connectivity index (χ0) is 25.6. The molecule has 2 aromatic carbocycles. The number of benzene rings is 2. The van der Waals surface area contributed by atoms with Gasteiger partial charge in [0, 0.05) is 18.8 Å². The first-order valence-corrected chi connectivity index (χ1v) is 10.4. The van der Waals surface area contributed by atoms with Crippen LogP contribution in [-0.2, 0) is 18.0 Å². The van der Waals surface area contributed by atoms with Gasteiger partial charge in [-0.1, -0.05) is 6.07 Å². The number of fused-ring (bicyclic) bond motifs is 1. The number of carbonyl (C=O) groups excluding carboxylic acids is 1. The lowest BCUT2D eigenvalue weighted by Crippen LogP contribution is -2.09. The second-order valence-corrected chi connectivity index (χ2v) is 7.77. The molecular weight excluding hydrogens is 482 g/mol. The van der Waals surface area contributed by atoms with E-state index in [2.05, 4.69) is 24.9 Å². The van der Waals surface area contributed by atoms with Crippen molar-refractivity contribution in [3.63, 3.8) is 0 Å². The fraction of sp³-hybridized carbons (Fsp3) is 0.125. The number of alkyl halides is 3. The molecule has 5 rings (SSSR count). The molecule has 0 aliphatic carbocycles. The number of ether oxygens (including phenoxy) is 1. The van der Waals surface area contributed by atoms with E-state index in [1.165, 1.54) is 24.7 Å². The largest absolute Gasteiger partial charge is 0.465 e. The van der Waals surface area contributed by atoms with Crippen LogP contribution >= 0.6 is 0 Å². The molecule has 0 unspecified atom stereocenters. The summed E-state index contributed by atoms with van der Waals surface area (Å²) in [5, 5.41) is 7.87. The summed E-state index contributed by atoms with van der Waals surface area (Å²) in [5.41, 5.74) is -0.496. The molecule has 5 aromatic rings. The van der Waals surface area contributed by atoms with Gasteiger partial charge in [0.25, 0.3) is 0 Å². The number of esters is 1. The normalized spacial score (nSPS) is 11.7. The molecule has 0 amide bonds. The van der Waals surface area contributed by atoms with Crippen molar-refractivity contribution in [3.05, 3.63) is 71.9 Å². The van der Waals surface area contributed by atoms with Gasteiger partial charge in [-0.25, -0.2) is 14.2 Å². The molecule has 0 aliphatic rings. The van der Waals surface area contributed by atoms with Gasteiger partial charge in [0.1, 0.15) is 28.9 Å². The number of aryl methyl sites for hydroxylation is 1. The van der Waals surface area contributed by atoms with Gasteiger partial charge < -0.3 is 13.7 Å². The van der Waals surface area contributed by atoms with Gasteiger partial charge in [-0.3, -0.25) is 4.98 Å². The van der Waals surface area contributed by atoms with E-state index in [0.29, 0.717) is 28.6 Å². The monoisotopic (exact) mass is 497 g/mol. The number of carbonyl (C=O) groups is 1. The van der Waals surface area contributed by atoms with Crippen LogP contribution in [0.5, 0.6) is 0 Å². The number of hydrogen-bond acceptors (Lipinski definition) is 7. The molecule has 182 valence electrons. The quantitative estimate of drug-likeness (QED) is 0.246. The second kappa shape index (κ2) is 8.56. The first-order chi connectivity index (χ1) is 17.2. The summed E-state index contributed by atoms with van der Waals surface area (Å²) in [7, 11) is 2.77. The van der Waals surface area contributed by atoms with E-state index in [1.807, 2.05) is 0 Å². The van der Waals surface area contributed by atoms with Crippen LogP contribution in [0.3, 0.4) is 0 Å². The first kappa shape index (κ1) is 23.1. The van der Waals surface area contributed by atoms with Gasteiger partial charge in [0.2, 0.25) is 5.89 Å². The van der Waals surface area contributed by atoms with Crippen LogP contribution in [0.4, 0.5) is 17.6 Å². The minimum atomic E-state index is -4.81. The Morgan fingerprint density at radius 2 is 1.89 bits per heavy atom. The van der Waals surface area contributed by atoms with Crippen LogP contribution in [0, 0.1) is 5.82 Å². The van der Waals surface area contributed by atoms with Crippen molar-refractivity contribution in [2.24, 2.45) is 7.05 Å². The predicted octanol–water partition coefficient (Wildman–Crippen LogP) is 5.30. The lowest BCUT2D eigenvalue weighted by atomic mass is 9.99. The van der Waals surface area contributed by atoms with Gasteiger partial charge in [-0.05, 0) is 47.5 Å². The molecule has 0 bridgehead atoms. The van der Waals surface area contributed by atoms with Crippen molar-refractivity contribution < 1.29 is 31.5 Å². The first-order valence-electron chi connectivity index (χ1n) is 10.4. The van der Waals surface area contributed by atoms with Gasteiger partial charge in [-0.15, -0.1) is 10.2 Å². The van der Waals surface area contributed by atoms with Gasteiger partial charge in [0.15, 0.2) is 11.4 Å². The third-order valence-corrected chi connectivity index (χ3v) is 5.44. The Hall–Kier alpha value is -4.61. The number of nitrogens with zero attached hydrogens (tertiary/aromatic N) is 5. The molecule has 0 atom stereocenters. The summed E-state index contributed by atoms with van der Waals surface area (Å²) >= 11 is 0. The van der Waals surface area contributed by atoms with Crippen LogP contribution in [0.25, 0.3) is 45.2 Å². The van der Waals surface area contributed by atoms with E-state index < -0.39 is 29.1 Å². The van der Waals surface area contributed by atoms with Crippen LogP contribution in [0.1, 0.15) is 15.9 Å². The molecular formula is C24H15F4N5O3. The number of hydrogen-bond donors (Lipinski definition) is 0. The van der Waals surface area contributed by atoms with Crippen molar-refractivity contribution in [2.75, 3.05) is 7.11 Å². The lowest BCUT2D eigenvalue weighted by Gasteiger charge is -2.10. The van der Waals surface area contributed by atoms with Crippen LogP contribution in [0.2, 0.25) is 0 Å². The predicted molar refractivity (Wildman–Crippen MR) is 119 cm³/mol. The highest BCUT2D eigenvalue weighted by atomic mass is 19.4. The van der Waals surface area contributed by atoms with E-state index in [-0.39, 0.29) is 22.7 Å². The number of oxazole rings is 1. The minimum Gasteiger partial charge on any atom is -0.465 e. The molecule has 0 N–H and O–H groups in total. The molecule has 0 saturated heterocycles. The number of methoxy groups -OCH3 is 1. The fourth-order valence-electron chi connectivity index (χ4n) is 3.78. The van der Waals surface area contributed by atoms with Gasteiger partial charge in [-0.2, -0.15) is 13.2 Å². The third-order valence-electron chi connectivity index (χ3n) is 5.44. The van der Waals surface area contributed by atoms with E-state index in [0.717, 1.165) is 13.2 Å². The Bertz CT molecular complexity index is 1620. The highest BCUT2D eigenvalue weighted by Gasteiger charge is 2.36. The molecule has 0 spiro atoms. The number of rotatable bonds is 4. The lowest BCUT2D eigenvalue weighted by molar-refractivity contribution is -0.136. The maximum atomic E-state index is 14.1. The van der Waals surface area contributed by atoms with Gasteiger partial charge >= 0.3 is 12.1 Å². The minimum absolute atomic E-state index is 0.129. The molecule has 0 radical (unpaired) electrons. The van der Waals surface area contributed by atoms with Crippen molar-refractivity contribution in [1.82, 2.24) is 24.7 Å². The summed E-state index contributed by atoms with van der Waals surface area (Å²) in [6.07, 6.45) is -1.91. The van der Waals surface area contributed by atoms with Gasteiger partial charge in [0.05, 0.1) is 12.7 Å². The summed E-state index contributed by atoms with van der Waals surface area (Å²) in [5.74, 6) is -1.21. The Labute approximate surface area is 200 Å². The zero-order valence-corrected chi connectivity index (χ0v) is 18.7. The maximum absolute atomic E-state index is 14.1. The molecule has 0 fully saturated rings. The summed E-state index contributed by atoms with van der Waals surface area (Å²) < 4.78 is 66.9. The number of pyridine rings is 1. The average molecular weight is 497 g/mol. The van der Waals surface area contributed by atoms with Crippen molar-refractivity contribution in [3.8, 4) is 34.1 Å².